The third kappa shape index (κ3) is 4.33. The Hall–Kier alpha value is -4.25. The van der Waals surface area contributed by atoms with Crippen molar-refractivity contribution in [1.82, 2.24) is 9.97 Å². The molecule has 0 fully saturated rings. The molecule has 5 rings (SSSR count). The quantitative estimate of drug-likeness (QED) is 0.323. The van der Waals surface area contributed by atoms with E-state index < -0.39 is 5.82 Å². The van der Waals surface area contributed by atoms with Crippen molar-refractivity contribution in [2.75, 3.05) is 0 Å². The molecule has 0 bridgehead atoms. The molecule has 34 heavy (non-hydrogen) atoms. The zero-order valence-electron chi connectivity index (χ0n) is 18.9. The van der Waals surface area contributed by atoms with Crippen LogP contribution in [-0.4, -0.2) is 9.97 Å². The van der Waals surface area contributed by atoms with Crippen LogP contribution < -0.4 is 10.3 Å². The summed E-state index contributed by atoms with van der Waals surface area (Å²) in [7, 11) is 0. The highest BCUT2D eigenvalue weighted by atomic mass is 19.1. The number of pyridine rings is 2. The molecule has 0 aliphatic carbocycles. The molecule has 4 nitrogen and oxygen atoms in total. The SMILES string of the molecule is Cc1cc2nccc(Oc3ccc(-c4ccc(Cc5ccccc5)[nH]c4=O)cc3F)c2cc1C. The molecule has 2 aromatic heterocycles. The number of ether oxygens (including phenoxy) is 1. The fourth-order valence-corrected chi connectivity index (χ4v) is 4.00. The van der Waals surface area contributed by atoms with Gasteiger partial charge in [-0.25, -0.2) is 4.39 Å². The second kappa shape index (κ2) is 8.94. The summed E-state index contributed by atoms with van der Waals surface area (Å²) in [5, 5.41) is 0.819. The van der Waals surface area contributed by atoms with E-state index in [0.717, 1.165) is 33.3 Å². The van der Waals surface area contributed by atoms with Crippen molar-refractivity contribution in [3.05, 3.63) is 124 Å². The number of nitrogens with zero attached hydrogens (tertiary/aromatic N) is 1. The van der Waals surface area contributed by atoms with Crippen molar-refractivity contribution >= 4 is 10.9 Å². The molecule has 0 spiro atoms. The molecular formula is C29H23FN2O2. The molecule has 0 radical (unpaired) electrons. The number of fused-ring (bicyclic) bond motifs is 1. The lowest BCUT2D eigenvalue weighted by Crippen LogP contribution is -2.11. The van der Waals surface area contributed by atoms with Gasteiger partial charge in [0.1, 0.15) is 5.75 Å². The molecular weight excluding hydrogens is 427 g/mol. The van der Waals surface area contributed by atoms with Crippen molar-refractivity contribution in [3.63, 3.8) is 0 Å². The molecule has 0 aliphatic rings. The van der Waals surface area contributed by atoms with E-state index in [9.17, 15) is 4.79 Å². The number of H-pyrrole nitrogens is 1. The summed E-state index contributed by atoms with van der Waals surface area (Å²) in [4.78, 5) is 20.0. The van der Waals surface area contributed by atoms with E-state index in [4.69, 9.17) is 4.74 Å². The molecule has 0 amide bonds. The minimum absolute atomic E-state index is 0.0894. The Morgan fingerprint density at radius 3 is 2.44 bits per heavy atom. The summed E-state index contributed by atoms with van der Waals surface area (Å²) in [6.45, 7) is 4.04. The largest absolute Gasteiger partial charge is 0.454 e. The molecule has 0 atom stereocenters. The maximum atomic E-state index is 15.0. The topological polar surface area (TPSA) is 55.0 Å². The fraction of sp³-hybridized carbons (Fsp3) is 0.103. The monoisotopic (exact) mass is 450 g/mol. The lowest BCUT2D eigenvalue weighted by molar-refractivity contribution is 0.446. The van der Waals surface area contributed by atoms with Crippen LogP contribution in [0, 0.1) is 19.7 Å². The highest BCUT2D eigenvalue weighted by molar-refractivity contribution is 5.86. The predicted octanol–water partition coefficient (Wildman–Crippen LogP) is 6.73. The number of aryl methyl sites for hydroxylation is 2. The first kappa shape index (κ1) is 21.6. The molecule has 3 aromatic carbocycles. The van der Waals surface area contributed by atoms with Crippen LogP contribution in [0.5, 0.6) is 11.5 Å². The predicted molar refractivity (Wildman–Crippen MR) is 133 cm³/mol. The molecule has 168 valence electrons. The molecule has 5 aromatic rings. The number of halogens is 1. The van der Waals surface area contributed by atoms with Gasteiger partial charge in [0.15, 0.2) is 11.6 Å². The Morgan fingerprint density at radius 1 is 0.882 bits per heavy atom. The summed E-state index contributed by atoms with van der Waals surface area (Å²) in [5.74, 6) is 0.0773. The van der Waals surface area contributed by atoms with Gasteiger partial charge in [-0.1, -0.05) is 36.4 Å². The summed E-state index contributed by atoms with van der Waals surface area (Å²) < 4.78 is 20.9. The van der Waals surface area contributed by atoms with Gasteiger partial charge in [-0.05, 0) is 78.6 Å². The normalized spacial score (nSPS) is 11.0. The van der Waals surface area contributed by atoms with Gasteiger partial charge in [-0.15, -0.1) is 0 Å². The number of benzene rings is 3. The van der Waals surface area contributed by atoms with Gasteiger partial charge in [0.25, 0.3) is 5.56 Å². The lowest BCUT2D eigenvalue weighted by atomic mass is 10.0. The van der Waals surface area contributed by atoms with Crippen molar-refractivity contribution in [2.45, 2.75) is 20.3 Å². The van der Waals surface area contributed by atoms with Gasteiger partial charge in [0.2, 0.25) is 0 Å². The minimum atomic E-state index is -0.543. The Bertz CT molecular complexity index is 1560. The first-order chi connectivity index (χ1) is 16.5. The molecule has 0 saturated heterocycles. The van der Waals surface area contributed by atoms with E-state index in [2.05, 4.69) is 9.97 Å². The van der Waals surface area contributed by atoms with Crippen LogP contribution in [0.15, 0.2) is 89.9 Å². The summed E-state index contributed by atoms with van der Waals surface area (Å²) >= 11 is 0. The van der Waals surface area contributed by atoms with Gasteiger partial charge in [-0.2, -0.15) is 0 Å². The van der Waals surface area contributed by atoms with Crippen LogP contribution >= 0.6 is 0 Å². The van der Waals surface area contributed by atoms with Crippen molar-refractivity contribution < 1.29 is 9.13 Å². The van der Waals surface area contributed by atoms with Crippen molar-refractivity contribution in [2.24, 2.45) is 0 Å². The Balaban J connectivity index is 1.42. The standard InChI is InChI=1S/C29H23FN2O2/c1-18-14-24-26(15-19(18)2)31-13-12-27(24)34-28-11-8-21(17-25(28)30)23-10-9-22(32-29(23)33)16-20-6-4-3-5-7-20/h3-15,17H,16H2,1-2H3,(H,32,33). The number of aromatic nitrogens is 2. The van der Waals surface area contributed by atoms with Crippen LogP contribution in [-0.2, 0) is 6.42 Å². The van der Waals surface area contributed by atoms with E-state index in [1.165, 1.54) is 6.07 Å². The van der Waals surface area contributed by atoms with E-state index in [1.807, 2.05) is 62.4 Å². The molecule has 0 unspecified atom stereocenters. The molecule has 5 heteroatoms. The van der Waals surface area contributed by atoms with Crippen LogP contribution in [0.3, 0.4) is 0 Å². The van der Waals surface area contributed by atoms with Crippen LogP contribution in [0.1, 0.15) is 22.4 Å². The lowest BCUT2D eigenvalue weighted by Gasteiger charge is -2.12. The first-order valence-corrected chi connectivity index (χ1v) is 11.1. The zero-order chi connectivity index (χ0) is 23.7. The summed E-state index contributed by atoms with van der Waals surface area (Å²) in [5.41, 5.74) is 5.57. The van der Waals surface area contributed by atoms with Gasteiger partial charge < -0.3 is 9.72 Å². The molecule has 0 saturated carbocycles. The van der Waals surface area contributed by atoms with E-state index >= 15 is 4.39 Å². The third-order valence-electron chi connectivity index (χ3n) is 5.99. The molecule has 1 N–H and O–H groups in total. The van der Waals surface area contributed by atoms with Gasteiger partial charge in [-0.3, -0.25) is 9.78 Å². The number of hydrogen-bond donors (Lipinski definition) is 1. The van der Waals surface area contributed by atoms with E-state index in [0.29, 0.717) is 23.3 Å². The second-order valence-electron chi connectivity index (χ2n) is 8.40. The Labute approximate surface area is 196 Å². The average Bonchev–Trinajstić information content (AvgIpc) is 2.82. The maximum absolute atomic E-state index is 15.0. The number of nitrogens with one attached hydrogen (secondary N) is 1. The third-order valence-corrected chi connectivity index (χ3v) is 5.99. The smallest absolute Gasteiger partial charge is 0.256 e. The molecule has 2 heterocycles. The summed E-state index contributed by atoms with van der Waals surface area (Å²) in [6.07, 6.45) is 2.27. The highest BCUT2D eigenvalue weighted by Gasteiger charge is 2.13. The van der Waals surface area contributed by atoms with Gasteiger partial charge >= 0.3 is 0 Å². The highest BCUT2D eigenvalue weighted by Crippen LogP contribution is 2.33. The zero-order valence-corrected chi connectivity index (χ0v) is 18.9. The first-order valence-electron chi connectivity index (χ1n) is 11.1. The Kier molecular flexibility index (Phi) is 5.68. The Morgan fingerprint density at radius 2 is 1.68 bits per heavy atom. The second-order valence-corrected chi connectivity index (χ2v) is 8.40. The van der Waals surface area contributed by atoms with Crippen LogP contribution in [0.2, 0.25) is 0 Å². The van der Waals surface area contributed by atoms with Gasteiger partial charge in [0.05, 0.1) is 5.52 Å². The van der Waals surface area contributed by atoms with Crippen molar-refractivity contribution in [1.29, 1.82) is 0 Å². The molecule has 0 aliphatic heterocycles. The minimum Gasteiger partial charge on any atom is -0.454 e. The van der Waals surface area contributed by atoms with Crippen LogP contribution in [0.4, 0.5) is 4.39 Å². The number of hydrogen-bond acceptors (Lipinski definition) is 3. The van der Waals surface area contributed by atoms with Gasteiger partial charge in [0, 0.05) is 29.3 Å². The maximum Gasteiger partial charge on any atom is 0.256 e. The average molecular weight is 451 g/mol. The van der Waals surface area contributed by atoms with Crippen LogP contribution in [0.25, 0.3) is 22.0 Å². The van der Waals surface area contributed by atoms with E-state index in [-0.39, 0.29) is 11.3 Å². The number of rotatable bonds is 5. The fourth-order valence-electron chi connectivity index (χ4n) is 4.00. The van der Waals surface area contributed by atoms with Crippen molar-refractivity contribution in [3.8, 4) is 22.6 Å². The summed E-state index contributed by atoms with van der Waals surface area (Å²) in [6, 6.07) is 23.8. The number of aromatic amines is 1. The van der Waals surface area contributed by atoms with E-state index in [1.54, 1.807) is 30.5 Å².